The Morgan fingerprint density at radius 1 is 1.32 bits per heavy atom. The van der Waals surface area contributed by atoms with E-state index in [-0.39, 0.29) is 41.0 Å². The van der Waals surface area contributed by atoms with Gasteiger partial charge in [0, 0.05) is 12.6 Å². The van der Waals surface area contributed by atoms with Crippen LogP contribution in [0.25, 0.3) is 0 Å². The number of nitrogens with zero attached hydrogens (tertiary/aromatic N) is 2. The number of hydrogen-bond donors (Lipinski definition) is 3. The van der Waals surface area contributed by atoms with Gasteiger partial charge < -0.3 is 15.2 Å². The molecule has 0 aromatic heterocycles. The monoisotopic (exact) mass is 448 g/mol. The molecular weight excluding hydrogens is 431 g/mol. The lowest BCUT2D eigenvalue weighted by atomic mass is 10.2. The van der Waals surface area contributed by atoms with Crippen molar-refractivity contribution in [3.05, 3.63) is 47.8 Å². The van der Waals surface area contributed by atoms with Gasteiger partial charge in [-0.25, -0.2) is 17.6 Å². The molecule has 12 heteroatoms. The van der Waals surface area contributed by atoms with Gasteiger partial charge in [0.25, 0.3) is 10.0 Å². The zero-order valence-electron chi connectivity index (χ0n) is 16.1. The molecule has 0 aliphatic carbocycles. The molecule has 2 aromatic carbocycles. The van der Waals surface area contributed by atoms with E-state index in [9.17, 15) is 22.4 Å². The maximum absolute atomic E-state index is 13.7. The molecule has 1 aliphatic heterocycles. The van der Waals surface area contributed by atoms with Crippen molar-refractivity contribution in [1.82, 2.24) is 5.32 Å². The highest BCUT2D eigenvalue weighted by Gasteiger charge is 2.35. The maximum Gasteiger partial charge on any atom is 0.409 e. The van der Waals surface area contributed by atoms with Gasteiger partial charge >= 0.3 is 6.09 Å². The molecule has 0 spiro atoms. The van der Waals surface area contributed by atoms with Gasteiger partial charge in [0.05, 0.1) is 29.2 Å². The lowest BCUT2D eigenvalue weighted by Gasteiger charge is -2.35. The van der Waals surface area contributed by atoms with Gasteiger partial charge in [-0.3, -0.25) is 14.4 Å². The summed E-state index contributed by atoms with van der Waals surface area (Å²) in [5, 5.41) is 22.7. The summed E-state index contributed by atoms with van der Waals surface area (Å²) in [4.78, 5) is 21.9. The van der Waals surface area contributed by atoms with Gasteiger partial charge in [-0.1, -0.05) is 0 Å². The highest BCUT2D eigenvalue weighted by Crippen LogP contribution is 2.39. The predicted octanol–water partition coefficient (Wildman–Crippen LogP) is 1.88. The van der Waals surface area contributed by atoms with E-state index in [0.29, 0.717) is 0 Å². The number of fused-ring (bicyclic) bond motifs is 1. The average molecular weight is 448 g/mol. The molecule has 0 bridgehead atoms. The van der Waals surface area contributed by atoms with Crippen molar-refractivity contribution < 1.29 is 32.2 Å². The van der Waals surface area contributed by atoms with Gasteiger partial charge in [0.15, 0.2) is 0 Å². The molecule has 31 heavy (non-hydrogen) atoms. The second-order valence-corrected chi connectivity index (χ2v) is 8.44. The van der Waals surface area contributed by atoms with Crippen LogP contribution in [0.5, 0.6) is 5.75 Å². The van der Waals surface area contributed by atoms with E-state index in [1.54, 1.807) is 6.07 Å². The van der Waals surface area contributed by atoms with Crippen molar-refractivity contribution in [2.24, 2.45) is 0 Å². The van der Waals surface area contributed by atoms with Gasteiger partial charge in [-0.2, -0.15) is 5.26 Å². The lowest BCUT2D eigenvalue weighted by Crippen LogP contribution is -2.48. The van der Waals surface area contributed by atoms with Crippen molar-refractivity contribution in [1.29, 1.82) is 5.26 Å². The number of carbonyl (C=O) groups is 2. The van der Waals surface area contributed by atoms with Crippen LogP contribution >= 0.6 is 0 Å². The molecule has 1 unspecified atom stereocenters. The Hall–Kier alpha value is -3.85. The molecule has 3 rings (SSSR count). The Morgan fingerprint density at radius 2 is 2.06 bits per heavy atom. The van der Waals surface area contributed by atoms with E-state index >= 15 is 0 Å². The van der Waals surface area contributed by atoms with E-state index < -0.39 is 33.6 Å². The van der Waals surface area contributed by atoms with Crippen LogP contribution in [-0.4, -0.2) is 44.7 Å². The Labute approximate surface area is 176 Å². The standard InChI is InChI=1S/C19H17FN4O6S/c1-11(25)22-9-14-10-24(17-7-13(23-19(26)27)2-5-18(17)30-14)31(28,29)15-3-4-16(20)12(6-15)8-21/h2-7,14,23H,9-10H2,1H3,(H,22,25)(H,26,27). The maximum atomic E-state index is 13.7. The molecule has 0 saturated carbocycles. The van der Waals surface area contributed by atoms with Crippen molar-refractivity contribution in [2.45, 2.75) is 17.9 Å². The zero-order valence-corrected chi connectivity index (χ0v) is 16.9. The van der Waals surface area contributed by atoms with E-state index in [2.05, 4.69) is 10.6 Å². The molecule has 0 radical (unpaired) electrons. The highest BCUT2D eigenvalue weighted by molar-refractivity contribution is 7.92. The summed E-state index contributed by atoms with van der Waals surface area (Å²) in [7, 11) is -4.29. The highest BCUT2D eigenvalue weighted by atomic mass is 32.2. The fourth-order valence-corrected chi connectivity index (χ4v) is 4.51. The van der Waals surface area contributed by atoms with Crippen LogP contribution in [0.3, 0.4) is 0 Å². The fraction of sp³-hybridized carbons (Fsp3) is 0.211. The topological polar surface area (TPSA) is 149 Å². The molecule has 1 atom stereocenters. The number of nitrogens with one attached hydrogen (secondary N) is 2. The minimum absolute atomic E-state index is 0.0167. The number of carbonyl (C=O) groups excluding carboxylic acids is 1. The number of nitriles is 1. The SMILES string of the molecule is CC(=O)NCC1CN(S(=O)(=O)c2ccc(F)c(C#N)c2)c2cc(NC(=O)O)ccc2O1. The van der Waals surface area contributed by atoms with Crippen molar-refractivity contribution in [3.63, 3.8) is 0 Å². The van der Waals surface area contributed by atoms with Gasteiger partial charge in [0.2, 0.25) is 5.91 Å². The summed E-state index contributed by atoms with van der Waals surface area (Å²) in [5.74, 6) is -1.05. The second-order valence-electron chi connectivity index (χ2n) is 6.58. The summed E-state index contributed by atoms with van der Waals surface area (Å²) in [5.41, 5.74) is -0.286. The molecule has 3 N–H and O–H groups in total. The first-order valence-corrected chi connectivity index (χ1v) is 10.3. The molecular formula is C19H17FN4O6S. The number of amides is 2. The van der Waals surface area contributed by atoms with E-state index in [1.165, 1.54) is 25.1 Å². The number of carboxylic acid groups (broad SMARTS) is 1. The van der Waals surface area contributed by atoms with Gasteiger partial charge in [-0.15, -0.1) is 0 Å². The van der Waals surface area contributed by atoms with Crippen LogP contribution in [0.2, 0.25) is 0 Å². The molecule has 2 amide bonds. The van der Waals surface area contributed by atoms with Crippen LogP contribution in [-0.2, 0) is 14.8 Å². The smallest absolute Gasteiger partial charge is 0.409 e. The largest absolute Gasteiger partial charge is 0.484 e. The average Bonchev–Trinajstić information content (AvgIpc) is 2.71. The number of sulfonamides is 1. The number of hydrogen-bond acceptors (Lipinski definition) is 6. The number of halogens is 1. The van der Waals surface area contributed by atoms with Gasteiger partial charge in [-0.05, 0) is 36.4 Å². The first-order chi connectivity index (χ1) is 14.6. The fourth-order valence-electron chi connectivity index (χ4n) is 2.98. The Kier molecular flexibility index (Phi) is 5.98. The third-order valence-electron chi connectivity index (χ3n) is 4.37. The van der Waals surface area contributed by atoms with E-state index in [1.807, 2.05) is 0 Å². The summed E-state index contributed by atoms with van der Waals surface area (Å²) in [6, 6.07) is 8.50. The Bertz CT molecular complexity index is 1190. The Morgan fingerprint density at radius 3 is 2.71 bits per heavy atom. The molecule has 1 aliphatic rings. The lowest BCUT2D eigenvalue weighted by molar-refractivity contribution is -0.119. The first-order valence-electron chi connectivity index (χ1n) is 8.89. The van der Waals surface area contributed by atoms with Crippen molar-refractivity contribution in [2.75, 3.05) is 22.7 Å². The quantitative estimate of drug-likeness (QED) is 0.632. The number of rotatable bonds is 5. The van der Waals surface area contributed by atoms with E-state index in [0.717, 1.165) is 22.5 Å². The second kappa shape index (κ2) is 8.49. The van der Waals surface area contributed by atoms with Crippen LogP contribution in [0, 0.1) is 17.1 Å². The van der Waals surface area contributed by atoms with Gasteiger partial charge in [0.1, 0.15) is 23.7 Å². The van der Waals surface area contributed by atoms with Crippen molar-refractivity contribution in [3.8, 4) is 11.8 Å². The van der Waals surface area contributed by atoms with Crippen LogP contribution in [0.1, 0.15) is 12.5 Å². The molecule has 10 nitrogen and oxygen atoms in total. The van der Waals surface area contributed by atoms with Crippen LogP contribution in [0.4, 0.5) is 20.6 Å². The molecule has 162 valence electrons. The third-order valence-corrected chi connectivity index (χ3v) is 6.14. The predicted molar refractivity (Wildman–Crippen MR) is 107 cm³/mol. The zero-order chi connectivity index (χ0) is 22.8. The minimum atomic E-state index is -4.29. The van der Waals surface area contributed by atoms with Crippen LogP contribution in [0.15, 0.2) is 41.3 Å². The normalized spacial score (nSPS) is 15.3. The molecule has 2 aromatic rings. The first kappa shape index (κ1) is 21.8. The number of benzene rings is 2. The summed E-state index contributed by atoms with van der Waals surface area (Å²) >= 11 is 0. The molecule has 0 fully saturated rings. The summed E-state index contributed by atoms with van der Waals surface area (Å²) < 4.78 is 47.2. The minimum Gasteiger partial charge on any atom is -0.484 e. The third kappa shape index (κ3) is 4.67. The summed E-state index contributed by atoms with van der Waals surface area (Å²) in [6.45, 7) is 1.10. The van der Waals surface area contributed by atoms with Crippen LogP contribution < -0.4 is 19.7 Å². The summed E-state index contributed by atoms with van der Waals surface area (Å²) in [6.07, 6.45) is -2.09. The number of ether oxygens (including phenoxy) is 1. The molecule has 0 saturated heterocycles. The molecule has 1 heterocycles. The van der Waals surface area contributed by atoms with Crippen molar-refractivity contribution >= 4 is 33.4 Å². The Balaban J connectivity index is 2.08. The number of anilines is 2. The van der Waals surface area contributed by atoms with E-state index in [4.69, 9.17) is 15.1 Å².